The largest absolute Gasteiger partial charge is 0.454 e. The van der Waals surface area contributed by atoms with E-state index in [-0.39, 0.29) is 0 Å². The minimum absolute atomic E-state index is 0.851. The van der Waals surface area contributed by atoms with E-state index in [4.69, 9.17) is 4.42 Å². The van der Waals surface area contributed by atoms with Gasteiger partial charge in [-0.05, 0) is 34.5 Å². The molecular formula is C21H13NO. The number of rotatable bonds is 1. The first-order valence-corrected chi connectivity index (χ1v) is 7.65. The number of fused-ring (bicyclic) bond motifs is 4. The van der Waals surface area contributed by atoms with E-state index in [2.05, 4.69) is 47.4 Å². The van der Waals surface area contributed by atoms with Crippen molar-refractivity contribution in [1.82, 2.24) is 4.98 Å². The number of hydrogen-bond donors (Lipinski definition) is 0. The molecule has 0 aliphatic carbocycles. The van der Waals surface area contributed by atoms with Crippen molar-refractivity contribution < 1.29 is 4.42 Å². The van der Waals surface area contributed by atoms with Gasteiger partial charge in [-0.1, -0.05) is 54.6 Å². The summed E-state index contributed by atoms with van der Waals surface area (Å²) in [4.78, 5) is 4.57. The highest BCUT2D eigenvalue weighted by Gasteiger charge is 2.13. The molecule has 0 saturated carbocycles. The summed E-state index contributed by atoms with van der Waals surface area (Å²) in [5.41, 5.74) is 4.88. The van der Waals surface area contributed by atoms with Gasteiger partial charge in [-0.25, -0.2) is 0 Å². The molecule has 108 valence electrons. The summed E-state index contributed by atoms with van der Waals surface area (Å²) < 4.78 is 6.18. The second-order valence-electron chi connectivity index (χ2n) is 5.70. The first-order valence-electron chi connectivity index (χ1n) is 7.65. The van der Waals surface area contributed by atoms with E-state index in [1.54, 1.807) is 0 Å². The Balaban J connectivity index is 1.91. The third-order valence-corrected chi connectivity index (χ3v) is 4.30. The number of furan rings is 1. The van der Waals surface area contributed by atoms with Gasteiger partial charge in [-0.15, -0.1) is 0 Å². The Morgan fingerprint density at radius 1 is 0.739 bits per heavy atom. The summed E-state index contributed by atoms with van der Waals surface area (Å²) in [6, 6.07) is 24.9. The van der Waals surface area contributed by atoms with Gasteiger partial charge in [0.05, 0.1) is 0 Å². The van der Waals surface area contributed by atoms with Gasteiger partial charge >= 0.3 is 0 Å². The molecule has 0 radical (unpaired) electrons. The number of hydrogen-bond acceptors (Lipinski definition) is 2. The summed E-state index contributed by atoms with van der Waals surface area (Å²) in [6.45, 7) is 0. The third-order valence-electron chi connectivity index (χ3n) is 4.30. The van der Waals surface area contributed by atoms with Crippen molar-refractivity contribution in [2.45, 2.75) is 0 Å². The van der Waals surface area contributed by atoms with Crippen LogP contribution in [0.4, 0.5) is 0 Å². The number of aromatic nitrogens is 1. The van der Waals surface area contributed by atoms with Crippen LogP contribution in [0.5, 0.6) is 0 Å². The van der Waals surface area contributed by atoms with Crippen molar-refractivity contribution in [2.24, 2.45) is 0 Å². The highest BCUT2D eigenvalue weighted by molar-refractivity contribution is 6.11. The molecule has 0 saturated heterocycles. The Hall–Kier alpha value is -3.13. The Morgan fingerprint density at radius 2 is 1.48 bits per heavy atom. The van der Waals surface area contributed by atoms with E-state index in [9.17, 15) is 0 Å². The SMILES string of the molecule is c1ccc(-c2ccnc3c2oc2cc4ccccc4cc23)cc1. The molecule has 0 aliphatic heterocycles. The van der Waals surface area contributed by atoms with Gasteiger partial charge in [0.1, 0.15) is 11.1 Å². The maximum absolute atomic E-state index is 6.18. The summed E-state index contributed by atoms with van der Waals surface area (Å²) in [7, 11) is 0. The van der Waals surface area contributed by atoms with E-state index in [1.165, 1.54) is 10.8 Å². The maximum atomic E-state index is 6.18. The molecule has 5 rings (SSSR count). The fourth-order valence-electron chi connectivity index (χ4n) is 3.19. The predicted octanol–water partition coefficient (Wildman–Crippen LogP) is 5.80. The molecule has 0 unspecified atom stereocenters. The lowest BCUT2D eigenvalue weighted by Crippen LogP contribution is -1.80. The van der Waals surface area contributed by atoms with Crippen LogP contribution in [0.2, 0.25) is 0 Å². The van der Waals surface area contributed by atoms with Crippen LogP contribution in [0.3, 0.4) is 0 Å². The van der Waals surface area contributed by atoms with E-state index in [1.807, 2.05) is 36.5 Å². The van der Waals surface area contributed by atoms with Crippen molar-refractivity contribution in [2.75, 3.05) is 0 Å². The molecule has 0 fully saturated rings. The molecule has 0 N–H and O–H groups in total. The van der Waals surface area contributed by atoms with Crippen molar-refractivity contribution in [1.29, 1.82) is 0 Å². The van der Waals surface area contributed by atoms with Gasteiger partial charge < -0.3 is 4.42 Å². The van der Waals surface area contributed by atoms with Crippen LogP contribution < -0.4 is 0 Å². The minimum atomic E-state index is 0.851. The van der Waals surface area contributed by atoms with Crippen LogP contribution in [0, 0.1) is 0 Å². The fraction of sp³-hybridized carbons (Fsp3) is 0. The van der Waals surface area contributed by atoms with Crippen molar-refractivity contribution >= 4 is 32.8 Å². The zero-order valence-electron chi connectivity index (χ0n) is 12.4. The molecule has 0 spiro atoms. The molecule has 0 bridgehead atoms. The van der Waals surface area contributed by atoms with Gasteiger partial charge in [0, 0.05) is 17.1 Å². The first kappa shape index (κ1) is 12.4. The maximum Gasteiger partial charge on any atom is 0.161 e. The Kier molecular flexibility index (Phi) is 2.53. The lowest BCUT2D eigenvalue weighted by molar-refractivity contribution is 0.670. The summed E-state index contributed by atoms with van der Waals surface area (Å²) in [6.07, 6.45) is 1.86. The molecular weight excluding hydrogens is 282 g/mol. The van der Waals surface area contributed by atoms with Crippen molar-refractivity contribution in [3.05, 3.63) is 79.0 Å². The highest BCUT2D eigenvalue weighted by atomic mass is 16.3. The Labute approximate surface area is 133 Å². The highest BCUT2D eigenvalue weighted by Crippen LogP contribution is 2.35. The second-order valence-corrected chi connectivity index (χ2v) is 5.70. The summed E-state index contributed by atoms with van der Waals surface area (Å²) >= 11 is 0. The number of nitrogens with zero attached hydrogens (tertiary/aromatic N) is 1. The predicted molar refractivity (Wildman–Crippen MR) is 94.5 cm³/mol. The monoisotopic (exact) mass is 295 g/mol. The molecule has 23 heavy (non-hydrogen) atoms. The standard InChI is InChI=1S/C21H13NO/c1-2-6-14(7-3-1)17-10-11-22-20-18-12-15-8-4-5-9-16(15)13-19(18)23-21(17)20/h1-13H. The fourth-order valence-corrected chi connectivity index (χ4v) is 3.19. The van der Waals surface area contributed by atoms with Gasteiger partial charge in [-0.2, -0.15) is 0 Å². The van der Waals surface area contributed by atoms with Crippen LogP contribution in [-0.2, 0) is 0 Å². The van der Waals surface area contributed by atoms with Crippen LogP contribution in [0.15, 0.2) is 83.4 Å². The smallest absolute Gasteiger partial charge is 0.161 e. The summed E-state index contributed by atoms with van der Waals surface area (Å²) in [5, 5.41) is 3.45. The zero-order chi connectivity index (χ0) is 15.2. The average molecular weight is 295 g/mol. The van der Waals surface area contributed by atoms with E-state index < -0.39 is 0 Å². The third kappa shape index (κ3) is 1.85. The average Bonchev–Trinajstić information content (AvgIpc) is 2.98. The summed E-state index contributed by atoms with van der Waals surface area (Å²) in [5.74, 6) is 0. The van der Waals surface area contributed by atoms with E-state index in [0.29, 0.717) is 0 Å². The molecule has 2 heteroatoms. The lowest BCUT2D eigenvalue weighted by Gasteiger charge is -2.01. The quantitative estimate of drug-likeness (QED) is 0.390. The molecule has 0 aliphatic rings. The molecule has 0 atom stereocenters. The van der Waals surface area contributed by atoms with Crippen LogP contribution in [-0.4, -0.2) is 4.98 Å². The van der Waals surface area contributed by atoms with Gasteiger partial charge in [0.25, 0.3) is 0 Å². The lowest BCUT2D eigenvalue weighted by atomic mass is 10.0. The topological polar surface area (TPSA) is 26.0 Å². The normalized spacial score (nSPS) is 11.5. The van der Waals surface area contributed by atoms with E-state index >= 15 is 0 Å². The number of pyridine rings is 1. The molecule has 2 nitrogen and oxygen atoms in total. The van der Waals surface area contributed by atoms with Gasteiger partial charge in [0.15, 0.2) is 5.58 Å². The van der Waals surface area contributed by atoms with Crippen LogP contribution in [0.25, 0.3) is 44.0 Å². The van der Waals surface area contributed by atoms with E-state index in [0.717, 1.165) is 33.2 Å². The minimum Gasteiger partial charge on any atom is -0.454 e. The zero-order valence-corrected chi connectivity index (χ0v) is 12.4. The second kappa shape index (κ2) is 4.68. The molecule has 0 amide bonds. The molecule has 2 aromatic heterocycles. The molecule has 5 aromatic rings. The van der Waals surface area contributed by atoms with Crippen molar-refractivity contribution in [3.8, 4) is 11.1 Å². The van der Waals surface area contributed by atoms with Crippen LogP contribution in [0.1, 0.15) is 0 Å². The first-order chi connectivity index (χ1) is 11.4. The Bertz CT molecular complexity index is 1160. The number of benzene rings is 3. The molecule has 2 heterocycles. The Morgan fingerprint density at radius 3 is 2.30 bits per heavy atom. The molecule has 3 aromatic carbocycles. The van der Waals surface area contributed by atoms with Gasteiger partial charge in [-0.3, -0.25) is 4.98 Å². The van der Waals surface area contributed by atoms with Gasteiger partial charge in [0.2, 0.25) is 0 Å². The van der Waals surface area contributed by atoms with Crippen molar-refractivity contribution in [3.63, 3.8) is 0 Å². The van der Waals surface area contributed by atoms with Crippen LogP contribution >= 0.6 is 0 Å².